The van der Waals surface area contributed by atoms with Crippen LogP contribution in [0.15, 0.2) is 36.7 Å². The minimum Gasteiger partial charge on any atom is -0.303 e. The number of hydrogen-bond acceptors (Lipinski definition) is 3. The summed E-state index contributed by atoms with van der Waals surface area (Å²) in [6.45, 7) is 4.12. The average molecular weight is 272 g/mol. The van der Waals surface area contributed by atoms with Crippen molar-refractivity contribution in [3.63, 3.8) is 0 Å². The first-order chi connectivity index (χ1) is 9.58. The number of nitrogens with zero attached hydrogens (tertiary/aromatic N) is 3. The third-order valence-electron chi connectivity index (χ3n) is 3.39. The molecule has 1 aromatic carbocycles. The summed E-state index contributed by atoms with van der Waals surface area (Å²) in [6.07, 6.45) is 2.29. The SMILES string of the molecule is CC(C)[C@H](Cc1ccccc1)C(=O)Nc1nncn1C. The Kier molecular flexibility index (Phi) is 4.50. The van der Waals surface area contributed by atoms with Crippen LogP contribution in [-0.2, 0) is 18.3 Å². The van der Waals surface area contributed by atoms with Gasteiger partial charge in [0.1, 0.15) is 6.33 Å². The van der Waals surface area contributed by atoms with Crippen molar-refractivity contribution in [2.45, 2.75) is 20.3 Å². The van der Waals surface area contributed by atoms with E-state index in [0.717, 1.165) is 6.42 Å². The van der Waals surface area contributed by atoms with Crippen molar-refractivity contribution in [1.29, 1.82) is 0 Å². The van der Waals surface area contributed by atoms with Crippen LogP contribution in [-0.4, -0.2) is 20.7 Å². The van der Waals surface area contributed by atoms with Crippen LogP contribution in [0.2, 0.25) is 0 Å². The van der Waals surface area contributed by atoms with Gasteiger partial charge in [-0.3, -0.25) is 10.1 Å². The maximum Gasteiger partial charge on any atom is 0.230 e. The highest BCUT2D eigenvalue weighted by Crippen LogP contribution is 2.19. The molecular formula is C15H20N4O. The lowest BCUT2D eigenvalue weighted by Crippen LogP contribution is -2.29. The normalized spacial score (nSPS) is 12.4. The highest BCUT2D eigenvalue weighted by Gasteiger charge is 2.23. The summed E-state index contributed by atoms with van der Waals surface area (Å²) in [5.74, 6) is 0.631. The van der Waals surface area contributed by atoms with Gasteiger partial charge in [-0.2, -0.15) is 0 Å². The highest BCUT2D eigenvalue weighted by molar-refractivity contribution is 5.91. The monoisotopic (exact) mass is 272 g/mol. The molecule has 2 aromatic rings. The fourth-order valence-electron chi connectivity index (χ4n) is 2.10. The number of rotatable bonds is 5. The molecule has 1 aromatic heterocycles. The number of hydrogen-bond donors (Lipinski definition) is 1. The maximum absolute atomic E-state index is 12.4. The quantitative estimate of drug-likeness (QED) is 0.908. The number of aromatic nitrogens is 3. The van der Waals surface area contributed by atoms with Gasteiger partial charge < -0.3 is 4.57 Å². The van der Waals surface area contributed by atoms with E-state index in [-0.39, 0.29) is 17.7 Å². The predicted molar refractivity (Wildman–Crippen MR) is 78.1 cm³/mol. The molecule has 1 heterocycles. The summed E-state index contributed by atoms with van der Waals surface area (Å²) in [6, 6.07) is 10.1. The summed E-state index contributed by atoms with van der Waals surface area (Å²) in [5.41, 5.74) is 1.17. The lowest BCUT2D eigenvalue weighted by Gasteiger charge is -2.20. The molecule has 0 aliphatic rings. The van der Waals surface area contributed by atoms with Crippen molar-refractivity contribution in [3.8, 4) is 0 Å². The average Bonchev–Trinajstić information content (AvgIpc) is 2.82. The molecule has 106 valence electrons. The molecule has 5 nitrogen and oxygen atoms in total. The van der Waals surface area contributed by atoms with Gasteiger partial charge in [0.25, 0.3) is 0 Å². The van der Waals surface area contributed by atoms with Crippen LogP contribution in [0.3, 0.4) is 0 Å². The molecule has 0 aliphatic carbocycles. The summed E-state index contributed by atoms with van der Waals surface area (Å²) in [4.78, 5) is 12.4. The van der Waals surface area contributed by atoms with Crippen LogP contribution >= 0.6 is 0 Å². The van der Waals surface area contributed by atoms with Gasteiger partial charge in [0.2, 0.25) is 11.9 Å². The molecule has 1 N–H and O–H groups in total. The molecule has 0 bridgehead atoms. The fourth-order valence-corrected chi connectivity index (χ4v) is 2.10. The zero-order valence-electron chi connectivity index (χ0n) is 12.1. The third kappa shape index (κ3) is 3.44. The molecule has 0 fully saturated rings. The molecule has 2 rings (SSSR count). The fraction of sp³-hybridized carbons (Fsp3) is 0.400. The second-order valence-electron chi connectivity index (χ2n) is 5.29. The second kappa shape index (κ2) is 6.32. The van der Waals surface area contributed by atoms with Gasteiger partial charge in [-0.1, -0.05) is 44.2 Å². The Morgan fingerprint density at radius 3 is 2.55 bits per heavy atom. The molecule has 0 saturated heterocycles. The van der Waals surface area contributed by atoms with Gasteiger partial charge in [0.15, 0.2) is 0 Å². The van der Waals surface area contributed by atoms with E-state index in [9.17, 15) is 4.79 Å². The van der Waals surface area contributed by atoms with E-state index in [0.29, 0.717) is 5.95 Å². The molecule has 1 atom stereocenters. The van der Waals surface area contributed by atoms with E-state index in [4.69, 9.17) is 0 Å². The van der Waals surface area contributed by atoms with Crippen molar-refractivity contribution in [3.05, 3.63) is 42.2 Å². The van der Waals surface area contributed by atoms with Crippen LogP contribution in [0.5, 0.6) is 0 Å². The summed E-state index contributed by atoms with van der Waals surface area (Å²) in [7, 11) is 1.80. The van der Waals surface area contributed by atoms with E-state index < -0.39 is 0 Å². The molecule has 0 aliphatic heterocycles. The van der Waals surface area contributed by atoms with Crippen molar-refractivity contribution in [1.82, 2.24) is 14.8 Å². The molecular weight excluding hydrogens is 252 g/mol. The molecule has 5 heteroatoms. The number of aryl methyl sites for hydroxylation is 1. The van der Waals surface area contributed by atoms with Crippen LogP contribution in [0.4, 0.5) is 5.95 Å². The minimum absolute atomic E-state index is 0.0139. The Morgan fingerprint density at radius 1 is 1.30 bits per heavy atom. The van der Waals surface area contributed by atoms with Crippen LogP contribution in [0, 0.1) is 11.8 Å². The van der Waals surface area contributed by atoms with Crippen LogP contribution < -0.4 is 5.32 Å². The van der Waals surface area contributed by atoms with Gasteiger partial charge in [-0.05, 0) is 17.9 Å². The molecule has 20 heavy (non-hydrogen) atoms. The Hall–Kier alpha value is -2.17. The minimum atomic E-state index is -0.0888. The molecule has 0 unspecified atom stereocenters. The summed E-state index contributed by atoms with van der Waals surface area (Å²) < 4.78 is 1.69. The van der Waals surface area contributed by atoms with Crippen molar-refractivity contribution in [2.24, 2.45) is 18.9 Å². The largest absolute Gasteiger partial charge is 0.303 e. The van der Waals surface area contributed by atoms with Crippen LogP contribution in [0.1, 0.15) is 19.4 Å². The number of benzene rings is 1. The lowest BCUT2D eigenvalue weighted by atomic mass is 9.88. The Bertz CT molecular complexity index is 562. The second-order valence-corrected chi connectivity index (χ2v) is 5.29. The first kappa shape index (κ1) is 14.2. The zero-order chi connectivity index (χ0) is 14.5. The van der Waals surface area contributed by atoms with E-state index in [1.807, 2.05) is 30.3 Å². The first-order valence-electron chi connectivity index (χ1n) is 6.76. The summed E-state index contributed by atoms with van der Waals surface area (Å²) >= 11 is 0. The van der Waals surface area contributed by atoms with Gasteiger partial charge >= 0.3 is 0 Å². The van der Waals surface area contributed by atoms with Crippen molar-refractivity contribution < 1.29 is 4.79 Å². The van der Waals surface area contributed by atoms with E-state index >= 15 is 0 Å². The number of nitrogens with one attached hydrogen (secondary N) is 1. The summed E-state index contributed by atoms with van der Waals surface area (Å²) in [5, 5.41) is 10.5. The lowest BCUT2D eigenvalue weighted by molar-refractivity contribution is -0.121. The molecule has 0 radical (unpaired) electrons. The third-order valence-corrected chi connectivity index (χ3v) is 3.39. The Labute approximate surface area is 119 Å². The highest BCUT2D eigenvalue weighted by atomic mass is 16.2. The van der Waals surface area contributed by atoms with Crippen molar-refractivity contribution in [2.75, 3.05) is 5.32 Å². The van der Waals surface area contributed by atoms with Crippen molar-refractivity contribution >= 4 is 11.9 Å². The van der Waals surface area contributed by atoms with Crippen LogP contribution in [0.25, 0.3) is 0 Å². The predicted octanol–water partition coefficient (Wildman–Crippen LogP) is 2.27. The number of anilines is 1. The van der Waals surface area contributed by atoms with Gasteiger partial charge in [-0.15, -0.1) is 10.2 Å². The van der Waals surface area contributed by atoms with Gasteiger partial charge in [-0.25, -0.2) is 0 Å². The number of carbonyl (C=O) groups excluding carboxylic acids is 1. The first-order valence-corrected chi connectivity index (χ1v) is 6.76. The van der Waals surface area contributed by atoms with Gasteiger partial charge in [0, 0.05) is 13.0 Å². The van der Waals surface area contributed by atoms with E-state index in [1.54, 1.807) is 17.9 Å². The van der Waals surface area contributed by atoms with E-state index in [1.165, 1.54) is 5.56 Å². The number of amides is 1. The Balaban J connectivity index is 2.08. The maximum atomic E-state index is 12.4. The zero-order valence-corrected chi connectivity index (χ0v) is 12.1. The van der Waals surface area contributed by atoms with Gasteiger partial charge in [0.05, 0.1) is 0 Å². The number of carbonyl (C=O) groups is 1. The Morgan fingerprint density at radius 2 is 2.00 bits per heavy atom. The topological polar surface area (TPSA) is 59.8 Å². The molecule has 0 saturated carbocycles. The molecule has 1 amide bonds. The molecule has 0 spiro atoms. The van der Waals surface area contributed by atoms with E-state index in [2.05, 4.69) is 29.4 Å². The smallest absolute Gasteiger partial charge is 0.230 e. The standard InChI is InChI=1S/C15H20N4O/c1-11(2)13(9-12-7-5-4-6-8-12)14(20)17-15-18-16-10-19(15)3/h4-8,10-11,13H,9H2,1-3H3,(H,17,18,20)/t13-/m0/s1.